The normalized spacial score (nSPS) is 23.6. The summed E-state index contributed by atoms with van der Waals surface area (Å²) in [5.41, 5.74) is 0.598. The van der Waals surface area contributed by atoms with Crippen molar-refractivity contribution in [1.29, 1.82) is 0 Å². The number of nitrogens with zero attached hydrogens (tertiary/aromatic N) is 2. The first-order chi connectivity index (χ1) is 12.5. The molecule has 140 valence electrons. The largest absolute Gasteiger partial charge is 0.481 e. The Kier molecular flexibility index (Phi) is 5.81. The predicted octanol–water partition coefficient (Wildman–Crippen LogP) is 2.52. The molecule has 1 N–H and O–H groups in total. The molecule has 0 atom stereocenters. The number of amides is 2. The molecule has 2 fully saturated rings. The molecule has 1 saturated heterocycles. The Balaban J connectivity index is 1.50. The van der Waals surface area contributed by atoms with E-state index in [9.17, 15) is 14.4 Å². The summed E-state index contributed by atoms with van der Waals surface area (Å²) >= 11 is 5.85. The van der Waals surface area contributed by atoms with Gasteiger partial charge in [0.15, 0.2) is 0 Å². The molecule has 1 aliphatic carbocycles. The van der Waals surface area contributed by atoms with Gasteiger partial charge in [0, 0.05) is 42.7 Å². The maximum absolute atomic E-state index is 12.7. The Morgan fingerprint density at radius 3 is 1.88 bits per heavy atom. The molecule has 1 aliphatic heterocycles. The van der Waals surface area contributed by atoms with E-state index in [1.54, 1.807) is 29.2 Å². The second-order valence-electron chi connectivity index (χ2n) is 7.01. The Morgan fingerprint density at radius 2 is 1.35 bits per heavy atom. The molecule has 0 radical (unpaired) electrons. The van der Waals surface area contributed by atoms with Gasteiger partial charge in [-0.25, -0.2) is 0 Å². The second kappa shape index (κ2) is 8.08. The minimum Gasteiger partial charge on any atom is -0.481 e. The van der Waals surface area contributed by atoms with Crippen molar-refractivity contribution < 1.29 is 19.5 Å². The van der Waals surface area contributed by atoms with E-state index in [1.807, 2.05) is 4.90 Å². The first-order valence-corrected chi connectivity index (χ1v) is 9.40. The number of benzene rings is 1. The zero-order valence-corrected chi connectivity index (χ0v) is 15.3. The van der Waals surface area contributed by atoms with E-state index >= 15 is 0 Å². The van der Waals surface area contributed by atoms with E-state index in [0.29, 0.717) is 62.4 Å². The Hall–Kier alpha value is -2.08. The van der Waals surface area contributed by atoms with Crippen LogP contribution in [-0.2, 0) is 9.59 Å². The molecule has 1 heterocycles. The molecule has 2 aliphatic rings. The summed E-state index contributed by atoms with van der Waals surface area (Å²) in [6, 6.07) is 6.82. The molecule has 0 bridgehead atoms. The SMILES string of the molecule is O=C(O)C1CCC(C(=O)N2CCN(C(=O)c3ccc(Cl)cc3)CC2)CC1. The fourth-order valence-electron chi connectivity index (χ4n) is 3.75. The monoisotopic (exact) mass is 378 g/mol. The topological polar surface area (TPSA) is 77.9 Å². The lowest BCUT2D eigenvalue weighted by atomic mass is 9.81. The maximum Gasteiger partial charge on any atom is 0.306 e. The summed E-state index contributed by atoms with van der Waals surface area (Å²) in [6.07, 6.45) is 2.42. The molecule has 0 spiro atoms. The molecule has 1 aromatic rings. The zero-order chi connectivity index (χ0) is 18.7. The van der Waals surface area contributed by atoms with Crippen LogP contribution in [0.15, 0.2) is 24.3 Å². The highest BCUT2D eigenvalue weighted by Gasteiger charge is 2.33. The fourth-order valence-corrected chi connectivity index (χ4v) is 3.88. The van der Waals surface area contributed by atoms with E-state index in [1.165, 1.54) is 0 Å². The van der Waals surface area contributed by atoms with Crippen molar-refractivity contribution in [2.75, 3.05) is 26.2 Å². The van der Waals surface area contributed by atoms with E-state index < -0.39 is 5.97 Å². The number of aliphatic carboxylic acids is 1. The van der Waals surface area contributed by atoms with Gasteiger partial charge >= 0.3 is 5.97 Å². The van der Waals surface area contributed by atoms with Gasteiger partial charge in [-0.05, 0) is 49.9 Å². The molecule has 0 unspecified atom stereocenters. The molecule has 2 amide bonds. The third kappa shape index (κ3) is 4.18. The van der Waals surface area contributed by atoms with Crippen LogP contribution in [0.4, 0.5) is 0 Å². The summed E-state index contributed by atoms with van der Waals surface area (Å²) in [5, 5.41) is 9.65. The molecule has 1 aromatic carbocycles. The number of hydrogen-bond acceptors (Lipinski definition) is 3. The van der Waals surface area contributed by atoms with Gasteiger partial charge in [0.2, 0.25) is 5.91 Å². The van der Waals surface area contributed by atoms with Crippen LogP contribution in [0.2, 0.25) is 5.02 Å². The van der Waals surface area contributed by atoms with E-state index in [-0.39, 0.29) is 23.7 Å². The summed E-state index contributed by atoms with van der Waals surface area (Å²) < 4.78 is 0. The molecule has 1 saturated carbocycles. The lowest BCUT2D eigenvalue weighted by Crippen LogP contribution is -2.52. The highest BCUT2D eigenvalue weighted by atomic mass is 35.5. The van der Waals surface area contributed by atoms with Gasteiger partial charge < -0.3 is 14.9 Å². The van der Waals surface area contributed by atoms with Gasteiger partial charge in [0.25, 0.3) is 5.91 Å². The molecule has 6 nitrogen and oxygen atoms in total. The van der Waals surface area contributed by atoms with Crippen LogP contribution < -0.4 is 0 Å². The van der Waals surface area contributed by atoms with Gasteiger partial charge in [0.1, 0.15) is 0 Å². The van der Waals surface area contributed by atoms with Crippen LogP contribution in [0, 0.1) is 11.8 Å². The molecular formula is C19H23ClN2O4. The number of piperazine rings is 1. The van der Waals surface area contributed by atoms with E-state index in [2.05, 4.69) is 0 Å². The Morgan fingerprint density at radius 1 is 0.846 bits per heavy atom. The number of carboxylic acid groups (broad SMARTS) is 1. The summed E-state index contributed by atoms with van der Waals surface area (Å²) in [5.74, 6) is -1.09. The van der Waals surface area contributed by atoms with Gasteiger partial charge in [-0.2, -0.15) is 0 Å². The van der Waals surface area contributed by atoms with Crippen LogP contribution in [0.5, 0.6) is 0 Å². The summed E-state index contributed by atoms with van der Waals surface area (Å²) in [7, 11) is 0. The van der Waals surface area contributed by atoms with Gasteiger partial charge in [0.05, 0.1) is 5.92 Å². The van der Waals surface area contributed by atoms with Crippen molar-refractivity contribution in [3.8, 4) is 0 Å². The molecule has 7 heteroatoms. The number of halogens is 1. The Labute approximate surface area is 157 Å². The first kappa shape index (κ1) is 18.7. The molecular weight excluding hydrogens is 356 g/mol. The van der Waals surface area contributed by atoms with Gasteiger partial charge in [-0.15, -0.1) is 0 Å². The number of carbonyl (C=O) groups is 3. The van der Waals surface area contributed by atoms with Crippen LogP contribution in [0.3, 0.4) is 0 Å². The highest BCUT2D eigenvalue weighted by Crippen LogP contribution is 2.30. The predicted molar refractivity (Wildman–Crippen MR) is 97.0 cm³/mol. The number of carboxylic acids is 1. The van der Waals surface area contributed by atoms with E-state index in [4.69, 9.17) is 16.7 Å². The summed E-state index contributed by atoms with van der Waals surface area (Å²) in [6.45, 7) is 2.07. The first-order valence-electron chi connectivity index (χ1n) is 9.02. The molecule has 26 heavy (non-hydrogen) atoms. The zero-order valence-electron chi connectivity index (χ0n) is 14.6. The van der Waals surface area contributed by atoms with Crippen LogP contribution in [0.25, 0.3) is 0 Å². The fraction of sp³-hybridized carbons (Fsp3) is 0.526. The number of carbonyl (C=O) groups excluding carboxylic acids is 2. The van der Waals surface area contributed by atoms with E-state index in [0.717, 1.165) is 0 Å². The number of rotatable bonds is 3. The smallest absolute Gasteiger partial charge is 0.306 e. The van der Waals surface area contributed by atoms with Gasteiger partial charge in [-0.3, -0.25) is 14.4 Å². The minimum atomic E-state index is -0.759. The van der Waals surface area contributed by atoms with Crippen molar-refractivity contribution in [1.82, 2.24) is 9.80 Å². The Bertz CT molecular complexity index is 675. The van der Waals surface area contributed by atoms with Crippen molar-refractivity contribution in [2.45, 2.75) is 25.7 Å². The average molecular weight is 379 g/mol. The standard InChI is InChI=1S/C19H23ClN2O4/c20-16-7-5-14(6-8-16)18(24)22-11-9-21(10-12-22)17(23)13-1-3-15(4-2-13)19(25)26/h5-8,13,15H,1-4,9-12H2,(H,25,26). The molecule has 0 aromatic heterocycles. The van der Waals surface area contributed by atoms with Crippen LogP contribution in [-0.4, -0.2) is 58.9 Å². The van der Waals surface area contributed by atoms with Crippen LogP contribution in [0.1, 0.15) is 36.0 Å². The maximum atomic E-state index is 12.7. The quantitative estimate of drug-likeness (QED) is 0.876. The molecule has 3 rings (SSSR count). The lowest BCUT2D eigenvalue weighted by molar-refractivity contribution is -0.146. The highest BCUT2D eigenvalue weighted by molar-refractivity contribution is 6.30. The third-order valence-corrected chi connectivity index (χ3v) is 5.65. The van der Waals surface area contributed by atoms with Crippen molar-refractivity contribution >= 4 is 29.4 Å². The summed E-state index contributed by atoms with van der Waals surface area (Å²) in [4.78, 5) is 39.8. The minimum absolute atomic E-state index is 0.0456. The van der Waals surface area contributed by atoms with Crippen molar-refractivity contribution in [3.63, 3.8) is 0 Å². The third-order valence-electron chi connectivity index (χ3n) is 5.40. The second-order valence-corrected chi connectivity index (χ2v) is 7.45. The van der Waals surface area contributed by atoms with Crippen molar-refractivity contribution in [2.24, 2.45) is 11.8 Å². The van der Waals surface area contributed by atoms with Gasteiger partial charge in [-0.1, -0.05) is 11.6 Å². The van der Waals surface area contributed by atoms with Crippen LogP contribution >= 0.6 is 11.6 Å². The lowest BCUT2D eigenvalue weighted by Gasteiger charge is -2.37. The average Bonchev–Trinajstić information content (AvgIpc) is 2.67. The van der Waals surface area contributed by atoms with Crippen molar-refractivity contribution in [3.05, 3.63) is 34.9 Å². The number of hydrogen-bond donors (Lipinski definition) is 1.